The van der Waals surface area contributed by atoms with E-state index in [2.05, 4.69) is 38.2 Å². The molecule has 4 heteroatoms. The summed E-state index contributed by atoms with van der Waals surface area (Å²) in [5.41, 5.74) is 2.66. The minimum Gasteiger partial charge on any atom is -0.491 e. The first kappa shape index (κ1) is 18.9. The van der Waals surface area contributed by atoms with Crippen LogP contribution in [0.3, 0.4) is 0 Å². The zero-order valence-corrected chi connectivity index (χ0v) is 14.5. The number of aryl methyl sites for hydroxylation is 1. The van der Waals surface area contributed by atoms with Gasteiger partial charge in [-0.3, -0.25) is 0 Å². The van der Waals surface area contributed by atoms with Gasteiger partial charge in [-0.15, -0.1) is 0 Å². The van der Waals surface area contributed by atoms with Gasteiger partial charge in [0.25, 0.3) is 0 Å². The van der Waals surface area contributed by atoms with Crippen molar-refractivity contribution < 1.29 is 14.2 Å². The molecule has 0 saturated heterocycles. The normalized spacial score (nSPS) is 11.1. The van der Waals surface area contributed by atoms with Crippen LogP contribution in [0, 0.1) is 6.92 Å². The first-order valence-corrected chi connectivity index (χ1v) is 8.16. The van der Waals surface area contributed by atoms with Crippen LogP contribution in [0.1, 0.15) is 37.3 Å². The monoisotopic (exact) mass is 309 g/mol. The molecule has 0 spiro atoms. The molecule has 0 heterocycles. The van der Waals surface area contributed by atoms with E-state index in [1.165, 1.54) is 11.1 Å². The van der Waals surface area contributed by atoms with Crippen LogP contribution in [0.15, 0.2) is 18.2 Å². The number of benzene rings is 1. The molecule has 0 aliphatic rings. The largest absolute Gasteiger partial charge is 0.491 e. The molecule has 0 aromatic heterocycles. The second kappa shape index (κ2) is 11.5. The lowest BCUT2D eigenvalue weighted by Crippen LogP contribution is -2.22. The maximum absolute atomic E-state index is 5.72. The molecule has 0 aliphatic heterocycles. The van der Waals surface area contributed by atoms with E-state index in [9.17, 15) is 0 Å². The predicted octanol–water partition coefficient (Wildman–Crippen LogP) is 3.14. The standard InChI is InChI=1S/C18H31NO3/c1-15(2)18-7-6-17(14-16(18)3)22-13-12-21-11-9-19-8-5-10-20-4/h6-7,14-15,19H,5,8-13H2,1-4H3. The molecule has 1 aromatic rings. The number of nitrogens with one attached hydrogen (secondary N) is 1. The van der Waals surface area contributed by atoms with E-state index in [1.54, 1.807) is 7.11 Å². The van der Waals surface area contributed by atoms with Gasteiger partial charge in [-0.05, 0) is 49.1 Å². The number of ether oxygens (including phenoxy) is 3. The van der Waals surface area contributed by atoms with Gasteiger partial charge in [-0.1, -0.05) is 19.9 Å². The molecule has 126 valence electrons. The third-order valence-corrected chi connectivity index (χ3v) is 3.48. The summed E-state index contributed by atoms with van der Waals surface area (Å²) in [5, 5.41) is 3.31. The summed E-state index contributed by atoms with van der Waals surface area (Å²) in [7, 11) is 1.72. The van der Waals surface area contributed by atoms with Gasteiger partial charge >= 0.3 is 0 Å². The zero-order valence-electron chi connectivity index (χ0n) is 14.5. The van der Waals surface area contributed by atoms with Crippen molar-refractivity contribution >= 4 is 0 Å². The molecular weight excluding hydrogens is 278 g/mol. The molecule has 0 fully saturated rings. The molecule has 22 heavy (non-hydrogen) atoms. The van der Waals surface area contributed by atoms with Gasteiger partial charge in [0.05, 0.1) is 13.2 Å². The molecule has 0 amide bonds. The molecule has 1 aromatic carbocycles. The van der Waals surface area contributed by atoms with Gasteiger partial charge in [0.2, 0.25) is 0 Å². The lowest BCUT2D eigenvalue weighted by Gasteiger charge is -2.12. The van der Waals surface area contributed by atoms with Crippen molar-refractivity contribution in [3.63, 3.8) is 0 Å². The summed E-state index contributed by atoms with van der Waals surface area (Å²) >= 11 is 0. The van der Waals surface area contributed by atoms with E-state index < -0.39 is 0 Å². The molecule has 0 bridgehead atoms. The minimum absolute atomic E-state index is 0.550. The van der Waals surface area contributed by atoms with E-state index in [0.29, 0.717) is 25.7 Å². The smallest absolute Gasteiger partial charge is 0.119 e. The van der Waals surface area contributed by atoms with Crippen LogP contribution in [-0.2, 0) is 9.47 Å². The number of hydrogen-bond donors (Lipinski definition) is 1. The van der Waals surface area contributed by atoms with Gasteiger partial charge in [0.15, 0.2) is 0 Å². The lowest BCUT2D eigenvalue weighted by molar-refractivity contribution is 0.101. The fourth-order valence-electron chi connectivity index (χ4n) is 2.32. The highest BCUT2D eigenvalue weighted by Crippen LogP contribution is 2.23. The quantitative estimate of drug-likeness (QED) is 0.602. The van der Waals surface area contributed by atoms with Gasteiger partial charge in [0, 0.05) is 20.3 Å². The molecule has 0 saturated carbocycles. The average molecular weight is 309 g/mol. The third-order valence-electron chi connectivity index (χ3n) is 3.48. The Bertz CT molecular complexity index is 407. The molecule has 0 radical (unpaired) electrons. The van der Waals surface area contributed by atoms with Gasteiger partial charge in [-0.2, -0.15) is 0 Å². The third kappa shape index (κ3) is 7.78. The van der Waals surface area contributed by atoms with Crippen molar-refractivity contribution in [2.24, 2.45) is 0 Å². The van der Waals surface area contributed by atoms with E-state index in [-0.39, 0.29) is 0 Å². The van der Waals surface area contributed by atoms with Gasteiger partial charge in [0.1, 0.15) is 12.4 Å². The fraction of sp³-hybridized carbons (Fsp3) is 0.667. The van der Waals surface area contributed by atoms with Gasteiger partial charge in [-0.25, -0.2) is 0 Å². The van der Waals surface area contributed by atoms with Crippen LogP contribution in [-0.4, -0.2) is 46.6 Å². The molecule has 1 rings (SSSR count). The SMILES string of the molecule is COCCCNCCOCCOc1ccc(C(C)C)c(C)c1. The second-order valence-electron chi connectivity index (χ2n) is 5.73. The van der Waals surface area contributed by atoms with Crippen LogP contribution in [0.25, 0.3) is 0 Å². The lowest BCUT2D eigenvalue weighted by atomic mass is 9.98. The van der Waals surface area contributed by atoms with Crippen molar-refractivity contribution in [3.05, 3.63) is 29.3 Å². The Morgan fingerprint density at radius 2 is 1.86 bits per heavy atom. The van der Waals surface area contributed by atoms with Crippen LogP contribution in [0.5, 0.6) is 5.75 Å². The Balaban J connectivity index is 2.06. The minimum atomic E-state index is 0.550. The number of hydrogen-bond acceptors (Lipinski definition) is 4. The van der Waals surface area contributed by atoms with Crippen molar-refractivity contribution in [1.82, 2.24) is 5.32 Å². The zero-order chi connectivity index (χ0) is 16.2. The Labute approximate surface area is 135 Å². The Morgan fingerprint density at radius 3 is 2.55 bits per heavy atom. The summed E-state index contributed by atoms with van der Waals surface area (Å²) in [5.74, 6) is 1.47. The Morgan fingerprint density at radius 1 is 1.05 bits per heavy atom. The Hall–Kier alpha value is -1.10. The summed E-state index contributed by atoms with van der Waals surface area (Å²) in [6.45, 7) is 11.1. The van der Waals surface area contributed by atoms with Crippen molar-refractivity contribution in [2.75, 3.05) is 46.6 Å². The highest BCUT2D eigenvalue weighted by atomic mass is 16.5. The first-order valence-electron chi connectivity index (χ1n) is 8.16. The van der Waals surface area contributed by atoms with E-state index in [0.717, 1.165) is 31.9 Å². The van der Waals surface area contributed by atoms with Gasteiger partial charge < -0.3 is 19.5 Å². The van der Waals surface area contributed by atoms with Crippen LogP contribution in [0.4, 0.5) is 0 Å². The van der Waals surface area contributed by atoms with E-state index in [1.807, 2.05) is 6.07 Å². The van der Waals surface area contributed by atoms with Crippen LogP contribution >= 0.6 is 0 Å². The number of methoxy groups -OCH3 is 1. The molecule has 1 N–H and O–H groups in total. The molecule has 0 aliphatic carbocycles. The summed E-state index contributed by atoms with van der Waals surface area (Å²) in [6.07, 6.45) is 1.03. The molecule has 4 nitrogen and oxygen atoms in total. The first-order chi connectivity index (χ1) is 10.6. The number of rotatable bonds is 12. The topological polar surface area (TPSA) is 39.7 Å². The molecular formula is C18H31NO3. The van der Waals surface area contributed by atoms with Crippen LogP contribution in [0.2, 0.25) is 0 Å². The molecule has 0 atom stereocenters. The maximum Gasteiger partial charge on any atom is 0.119 e. The second-order valence-corrected chi connectivity index (χ2v) is 5.73. The molecule has 0 unspecified atom stereocenters. The average Bonchev–Trinajstić information content (AvgIpc) is 2.49. The van der Waals surface area contributed by atoms with Crippen molar-refractivity contribution in [2.45, 2.75) is 33.1 Å². The summed E-state index contributed by atoms with van der Waals surface area (Å²) < 4.78 is 16.2. The summed E-state index contributed by atoms with van der Waals surface area (Å²) in [4.78, 5) is 0. The fourth-order valence-corrected chi connectivity index (χ4v) is 2.32. The highest BCUT2D eigenvalue weighted by Gasteiger charge is 2.04. The Kier molecular flexibility index (Phi) is 9.87. The van der Waals surface area contributed by atoms with Crippen molar-refractivity contribution in [1.29, 1.82) is 0 Å². The highest BCUT2D eigenvalue weighted by molar-refractivity contribution is 5.36. The predicted molar refractivity (Wildman–Crippen MR) is 90.9 cm³/mol. The van der Waals surface area contributed by atoms with Crippen molar-refractivity contribution in [3.8, 4) is 5.75 Å². The van der Waals surface area contributed by atoms with E-state index in [4.69, 9.17) is 14.2 Å². The summed E-state index contributed by atoms with van der Waals surface area (Å²) in [6, 6.07) is 6.30. The van der Waals surface area contributed by atoms with E-state index >= 15 is 0 Å². The maximum atomic E-state index is 5.72. The van der Waals surface area contributed by atoms with Crippen LogP contribution < -0.4 is 10.1 Å².